The van der Waals surface area contributed by atoms with Crippen LogP contribution in [0.5, 0.6) is 5.75 Å². The van der Waals surface area contributed by atoms with Crippen molar-refractivity contribution >= 4 is 17.8 Å². The van der Waals surface area contributed by atoms with Crippen LogP contribution in [0, 0.1) is 0 Å². The number of carbonyl (C=O) groups is 3. The van der Waals surface area contributed by atoms with Crippen LogP contribution in [-0.2, 0) is 9.59 Å². The summed E-state index contributed by atoms with van der Waals surface area (Å²) in [5.74, 6) is 0.0232. The molecule has 6 nitrogen and oxygen atoms in total. The van der Waals surface area contributed by atoms with Crippen molar-refractivity contribution in [2.75, 3.05) is 26.2 Å². The highest BCUT2D eigenvalue weighted by molar-refractivity contribution is 5.94. The van der Waals surface area contributed by atoms with Gasteiger partial charge in [-0.05, 0) is 31.0 Å². The average molecular weight is 346 g/mol. The maximum atomic E-state index is 12.7. The van der Waals surface area contributed by atoms with Crippen LogP contribution in [-0.4, -0.2) is 53.8 Å². The Morgan fingerprint density at radius 2 is 1.80 bits per heavy atom. The summed E-state index contributed by atoms with van der Waals surface area (Å²) in [7, 11) is 0. The van der Waals surface area contributed by atoms with Gasteiger partial charge in [-0.1, -0.05) is 19.4 Å². The van der Waals surface area contributed by atoms with E-state index in [-0.39, 0.29) is 11.8 Å². The van der Waals surface area contributed by atoms with Gasteiger partial charge in [0.2, 0.25) is 5.91 Å². The van der Waals surface area contributed by atoms with Gasteiger partial charge in [-0.2, -0.15) is 0 Å². The average Bonchev–Trinajstić information content (AvgIpc) is 2.85. The molecule has 136 valence electrons. The molecule has 0 atom stereocenters. The molecule has 0 bridgehead atoms. The van der Waals surface area contributed by atoms with E-state index in [1.807, 2.05) is 4.90 Å². The van der Waals surface area contributed by atoms with Crippen molar-refractivity contribution in [1.29, 1.82) is 0 Å². The first-order valence-corrected chi connectivity index (χ1v) is 8.86. The topological polar surface area (TPSA) is 66.9 Å². The lowest BCUT2D eigenvalue weighted by Crippen LogP contribution is -2.37. The first kappa shape index (κ1) is 19.0. The maximum Gasteiger partial charge on any atom is 0.308 e. The molecular formula is C19H26N2O4. The van der Waals surface area contributed by atoms with E-state index < -0.39 is 5.97 Å². The number of esters is 1. The Hall–Kier alpha value is -2.37. The zero-order valence-corrected chi connectivity index (χ0v) is 15.0. The standard InChI is InChI=1S/C19H26N2O4/c1-3-4-9-18(23)20-10-6-11-21(13-12-20)19(24)16-7-5-8-17(14-16)25-15(2)22/h5,7-8,14H,3-4,6,9-13H2,1-2H3. The van der Waals surface area contributed by atoms with E-state index in [2.05, 4.69) is 6.92 Å². The van der Waals surface area contributed by atoms with Crippen LogP contribution >= 0.6 is 0 Å². The molecule has 1 saturated heterocycles. The summed E-state index contributed by atoms with van der Waals surface area (Å²) in [6.07, 6.45) is 3.26. The lowest BCUT2D eigenvalue weighted by molar-refractivity contribution is -0.132. The zero-order valence-electron chi connectivity index (χ0n) is 15.0. The van der Waals surface area contributed by atoms with Crippen LogP contribution in [0.25, 0.3) is 0 Å². The second kappa shape index (κ2) is 9.20. The lowest BCUT2D eigenvalue weighted by atomic mass is 10.2. The van der Waals surface area contributed by atoms with Gasteiger partial charge in [0.05, 0.1) is 0 Å². The Bertz CT molecular complexity index is 630. The van der Waals surface area contributed by atoms with Crippen LogP contribution in [0.15, 0.2) is 24.3 Å². The highest BCUT2D eigenvalue weighted by Crippen LogP contribution is 2.16. The van der Waals surface area contributed by atoms with Crippen LogP contribution < -0.4 is 4.74 Å². The molecule has 2 rings (SSSR count). The number of benzene rings is 1. The van der Waals surface area contributed by atoms with E-state index in [9.17, 15) is 14.4 Å². The molecule has 0 aromatic heterocycles. The van der Waals surface area contributed by atoms with Gasteiger partial charge in [0.15, 0.2) is 0 Å². The molecule has 6 heteroatoms. The van der Waals surface area contributed by atoms with Crippen molar-refractivity contribution in [3.8, 4) is 5.75 Å². The number of amides is 2. The summed E-state index contributed by atoms with van der Waals surface area (Å²) < 4.78 is 5.04. The molecule has 1 aromatic rings. The van der Waals surface area contributed by atoms with E-state index in [0.29, 0.717) is 43.9 Å². The molecule has 0 saturated carbocycles. The van der Waals surface area contributed by atoms with Gasteiger partial charge >= 0.3 is 5.97 Å². The van der Waals surface area contributed by atoms with Crippen molar-refractivity contribution in [3.05, 3.63) is 29.8 Å². The fourth-order valence-corrected chi connectivity index (χ4v) is 2.90. The Labute approximate surface area is 148 Å². The van der Waals surface area contributed by atoms with Crippen LogP contribution in [0.3, 0.4) is 0 Å². The van der Waals surface area contributed by atoms with Crippen LogP contribution in [0.1, 0.15) is 49.9 Å². The van der Waals surface area contributed by atoms with E-state index in [0.717, 1.165) is 19.3 Å². The third-order valence-electron chi connectivity index (χ3n) is 4.22. The molecule has 2 amide bonds. The molecule has 0 N–H and O–H groups in total. The fourth-order valence-electron chi connectivity index (χ4n) is 2.90. The van der Waals surface area contributed by atoms with E-state index >= 15 is 0 Å². The summed E-state index contributed by atoms with van der Waals surface area (Å²) in [6, 6.07) is 6.64. The smallest absolute Gasteiger partial charge is 0.308 e. The molecule has 0 unspecified atom stereocenters. The molecule has 0 radical (unpaired) electrons. The second-order valence-electron chi connectivity index (χ2n) is 6.25. The van der Waals surface area contributed by atoms with Crippen molar-refractivity contribution < 1.29 is 19.1 Å². The minimum absolute atomic E-state index is 0.100. The first-order valence-electron chi connectivity index (χ1n) is 8.86. The van der Waals surface area contributed by atoms with E-state index in [1.54, 1.807) is 29.2 Å². The first-order chi connectivity index (χ1) is 12.0. The summed E-state index contributed by atoms with van der Waals surface area (Å²) in [5, 5.41) is 0. The number of hydrogen-bond donors (Lipinski definition) is 0. The predicted octanol–water partition coefficient (Wildman–Crippen LogP) is 2.48. The van der Waals surface area contributed by atoms with Crippen molar-refractivity contribution in [1.82, 2.24) is 9.80 Å². The predicted molar refractivity (Wildman–Crippen MR) is 94.4 cm³/mol. The summed E-state index contributed by atoms with van der Waals surface area (Å²) >= 11 is 0. The molecule has 1 aliphatic heterocycles. The summed E-state index contributed by atoms with van der Waals surface area (Å²) in [5.41, 5.74) is 0.490. The molecule has 1 aliphatic rings. The normalized spacial score (nSPS) is 14.8. The van der Waals surface area contributed by atoms with Gasteiger partial charge in [-0.25, -0.2) is 0 Å². The number of nitrogens with zero attached hydrogens (tertiary/aromatic N) is 2. The Morgan fingerprint density at radius 1 is 1.08 bits per heavy atom. The highest BCUT2D eigenvalue weighted by atomic mass is 16.5. The second-order valence-corrected chi connectivity index (χ2v) is 6.25. The number of carbonyl (C=O) groups excluding carboxylic acids is 3. The SMILES string of the molecule is CCCCC(=O)N1CCCN(C(=O)c2cccc(OC(C)=O)c2)CC1. The third-order valence-corrected chi connectivity index (χ3v) is 4.22. The molecule has 25 heavy (non-hydrogen) atoms. The minimum atomic E-state index is -0.416. The molecule has 0 aliphatic carbocycles. The van der Waals surface area contributed by atoms with Gasteiger partial charge in [0.1, 0.15) is 5.75 Å². The monoisotopic (exact) mass is 346 g/mol. The van der Waals surface area contributed by atoms with Crippen LogP contribution in [0.2, 0.25) is 0 Å². The Kier molecular flexibility index (Phi) is 6.98. The fraction of sp³-hybridized carbons (Fsp3) is 0.526. The largest absolute Gasteiger partial charge is 0.427 e. The van der Waals surface area contributed by atoms with E-state index in [1.165, 1.54) is 6.92 Å². The van der Waals surface area contributed by atoms with Crippen molar-refractivity contribution in [2.24, 2.45) is 0 Å². The lowest BCUT2D eigenvalue weighted by Gasteiger charge is -2.22. The molecular weight excluding hydrogens is 320 g/mol. The molecule has 1 aromatic carbocycles. The van der Waals surface area contributed by atoms with Crippen LogP contribution in [0.4, 0.5) is 0 Å². The third kappa shape index (κ3) is 5.59. The van der Waals surface area contributed by atoms with Gasteiger partial charge < -0.3 is 14.5 Å². The molecule has 1 heterocycles. The highest BCUT2D eigenvalue weighted by Gasteiger charge is 2.22. The molecule has 0 spiro atoms. The Morgan fingerprint density at radius 3 is 2.52 bits per heavy atom. The van der Waals surface area contributed by atoms with Gasteiger partial charge in [-0.15, -0.1) is 0 Å². The number of hydrogen-bond acceptors (Lipinski definition) is 4. The zero-order chi connectivity index (χ0) is 18.2. The quantitative estimate of drug-likeness (QED) is 0.607. The summed E-state index contributed by atoms with van der Waals surface area (Å²) in [6.45, 7) is 5.80. The van der Waals surface area contributed by atoms with Gasteiger partial charge in [0.25, 0.3) is 5.91 Å². The number of rotatable bonds is 5. The molecule has 1 fully saturated rings. The van der Waals surface area contributed by atoms with Crippen molar-refractivity contribution in [2.45, 2.75) is 39.5 Å². The number of ether oxygens (including phenoxy) is 1. The number of unbranched alkanes of at least 4 members (excludes halogenated alkanes) is 1. The van der Waals surface area contributed by atoms with Gasteiger partial charge in [0, 0.05) is 45.1 Å². The van der Waals surface area contributed by atoms with Crippen molar-refractivity contribution in [3.63, 3.8) is 0 Å². The maximum absolute atomic E-state index is 12.7. The summed E-state index contributed by atoms with van der Waals surface area (Å²) in [4.78, 5) is 39.6. The van der Waals surface area contributed by atoms with Gasteiger partial charge in [-0.3, -0.25) is 14.4 Å². The Balaban J connectivity index is 1.98. The van der Waals surface area contributed by atoms with E-state index in [4.69, 9.17) is 4.74 Å². The minimum Gasteiger partial charge on any atom is -0.427 e.